The Morgan fingerprint density at radius 2 is 2.00 bits per heavy atom. The first kappa shape index (κ1) is 17.4. The molecule has 0 saturated carbocycles. The first-order valence-corrected chi connectivity index (χ1v) is 8.83. The van der Waals surface area contributed by atoms with E-state index in [0.717, 1.165) is 30.2 Å². The smallest absolute Gasteiger partial charge is 0.276 e. The lowest BCUT2D eigenvalue weighted by molar-refractivity contribution is -0.186. The molecule has 7 nitrogen and oxygen atoms in total. The number of nitrogens with one attached hydrogen (secondary N) is 1. The minimum Gasteiger partial charge on any atom is -0.457 e. The van der Waals surface area contributed by atoms with Crippen LogP contribution in [0.5, 0.6) is 11.5 Å². The number of hydrogen-bond acceptors (Lipinski definition) is 6. The van der Waals surface area contributed by atoms with E-state index in [9.17, 15) is 4.79 Å². The molecule has 1 unspecified atom stereocenters. The Hall–Kier alpha value is -3.03. The van der Waals surface area contributed by atoms with Crippen LogP contribution in [0.25, 0.3) is 10.9 Å². The molecular formula is C20H19N3O4. The van der Waals surface area contributed by atoms with Crippen molar-refractivity contribution in [2.45, 2.75) is 25.6 Å². The Balaban J connectivity index is 1.47. The van der Waals surface area contributed by atoms with Crippen molar-refractivity contribution >= 4 is 16.8 Å². The topological polar surface area (TPSA) is 82.6 Å². The molecule has 1 fully saturated rings. The van der Waals surface area contributed by atoms with Crippen LogP contribution in [0.1, 0.15) is 29.6 Å². The van der Waals surface area contributed by atoms with Gasteiger partial charge in [-0.05, 0) is 49.2 Å². The molecule has 3 aromatic rings. The fraction of sp³-hybridized carbons (Fsp3) is 0.250. The highest BCUT2D eigenvalue weighted by atomic mass is 16.8. The number of nitrogens with zero attached hydrogens (tertiary/aromatic N) is 2. The highest BCUT2D eigenvalue weighted by molar-refractivity contribution is 5.96. The lowest BCUT2D eigenvalue weighted by atomic mass is 10.1. The van der Waals surface area contributed by atoms with E-state index in [1.165, 1.54) is 6.20 Å². The summed E-state index contributed by atoms with van der Waals surface area (Å²) in [5.74, 6) is 0.978. The van der Waals surface area contributed by atoms with Crippen molar-refractivity contribution in [2.24, 2.45) is 0 Å². The van der Waals surface area contributed by atoms with Crippen molar-refractivity contribution < 1.29 is 19.1 Å². The molecule has 1 N–H and O–H groups in total. The lowest BCUT2D eigenvalue weighted by Crippen LogP contribution is -2.33. The second-order valence-corrected chi connectivity index (χ2v) is 6.21. The lowest BCUT2D eigenvalue weighted by Gasteiger charge is -2.22. The molecule has 1 atom stereocenters. The van der Waals surface area contributed by atoms with E-state index in [2.05, 4.69) is 15.4 Å². The predicted molar refractivity (Wildman–Crippen MR) is 98.2 cm³/mol. The summed E-state index contributed by atoms with van der Waals surface area (Å²) in [5.41, 5.74) is 3.62. The van der Waals surface area contributed by atoms with Crippen LogP contribution in [0.3, 0.4) is 0 Å². The number of carbonyl (C=O) groups is 1. The number of aromatic nitrogens is 2. The third-order valence-corrected chi connectivity index (χ3v) is 4.22. The largest absolute Gasteiger partial charge is 0.457 e. The van der Waals surface area contributed by atoms with Crippen LogP contribution in [0, 0.1) is 0 Å². The maximum Gasteiger partial charge on any atom is 0.276 e. The zero-order valence-corrected chi connectivity index (χ0v) is 14.6. The van der Waals surface area contributed by atoms with Gasteiger partial charge in [0.1, 0.15) is 11.5 Å². The third-order valence-electron chi connectivity index (χ3n) is 4.22. The fourth-order valence-corrected chi connectivity index (χ4v) is 2.82. The third kappa shape index (κ3) is 4.39. The van der Waals surface area contributed by atoms with E-state index in [1.54, 1.807) is 30.6 Å². The summed E-state index contributed by atoms with van der Waals surface area (Å²) in [5, 5.41) is 0.795. The molecule has 1 saturated heterocycles. The van der Waals surface area contributed by atoms with Crippen LogP contribution in [0.15, 0.2) is 55.0 Å². The molecule has 7 heteroatoms. The van der Waals surface area contributed by atoms with Gasteiger partial charge in [0, 0.05) is 37.0 Å². The monoisotopic (exact) mass is 365 g/mol. The Labute approximate surface area is 156 Å². The molecule has 1 aromatic carbocycles. The molecule has 138 valence electrons. The quantitative estimate of drug-likeness (QED) is 0.696. The van der Waals surface area contributed by atoms with Gasteiger partial charge >= 0.3 is 0 Å². The number of amides is 1. The van der Waals surface area contributed by atoms with Gasteiger partial charge in [0.25, 0.3) is 5.91 Å². The molecule has 0 bridgehead atoms. The van der Waals surface area contributed by atoms with Gasteiger partial charge in [0.05, 0.1) is 11.1 Å². The summed E-state index contributed by atoms with van der Waals surface area (Å²) in [6, 6.07) is 10.8. The van der Waals surface area contributed by atoms with Crippen LogP contribution in [-0.4, -0.2) is 28.8 Å². The number of hydroxylamine groups is 1. The molecular weight excluding hydrogens is 346 g/mol. The Morgan fingerprint density at radius 3 is 2.81 bits per heavy atom. The minimum atomic E-state index is -0.392. The first-order chi connectivity index (χ1) is 13.3. The summed E-state index contributed by atoms with van der Waals surface area (Å²) in [4.78, 5) is 26.0. The van der Waals surface area contributed by atoms with Gasteiger partial charge in [-0.15, -0.1) is 0 Å². The van der Waals surface area contributed by atoms with E-state index < -0.39 is 6.29 Å². The van der Waals surface area contributed by atoms with Crippen LogP contribution in [0.2, 0.25) is 0 Å². The summed E-state index contributed by atoms with van der Waals surface area (Å²) < 4.78 is 11.2. The molecule has 3 heterocycles. The number of pyridine rings is 2. The van der Waals surface area contributed by atoms with Crippen molar-refractivity contribution in [2.75, 3.05) is 6.61 Å². The van der Waals surface area contributed by atoms with E-state index in [1.807, 2.05) is 18.2 Å². The number of benzene rings is 1. The molecule has 4 rings (SSSR count). The van der Waals surface area contributed by atoms with Crippen LogP contribution >= 0.6 is 0 Å². The maximum atomic E-state index is 12.3. The van der Waals surface area contributed by atoms with Gasteiger partial charge in [-0.3, -0.25) is 14.8 Å². The van der Waals surface area contributed by atoms with Gasteiger partial charge < -0.3 is 9.47 Å². The summed E-state index contributed by atoms with van der Waals surface area (Å²) in [7, 11) is 0. The molecule has 27 heavy (non-hydrogen) atoms. The van der Waals surface area contributed by atoms with Gasteiger partial charge in [0.15, 0.2) is 6.29 Å². The second-order valence-electron chi connectivity index (χ2n) is 6.21. The number of rotatable bonds is 5. The van der Waals surface area contributed by atoms with E-state index >= 15 is 0 Å². The van der Waals surface area contributed by atoms with Crippen molar-refractivity contribution in [1.82, 2.24) is 15.4 Å². The number of ether oxygens (including phenoxy) is 2. The van der Waals surface area contributed by atoms with Crippen molar-refractivity contribution in [1.29, 1.82) is 0 Å². The highest BCUT2D eigenvalue weighted by Gasteiger charge is 2.16. The standard InChI is InChI=1S/C20H19N3O4/c24-20(23-27-19-3-1-2-10-25-19)15-11-14-12-17(4-5-18(14)22-13-15)26-16-6-8-21-9-7-16/h4-9,11-13,19H,1-3,10H2,(H,23,24). The average Bonchev–Trinajstić information content (AvgIpc) is 2.73. The minimum absolute atomic E-state index is 0.362. The van der Waals surface area contributed by atoms with Gasteiger partial charge in [-0.25, -0.2) is 10.3 Å². The van der Waals surface area contributed by atoms with Crippen LogP contribution < -0.4 is 10.2 Å². The van der Waals surface area contributed by atoms with E-state index in [0.29, 0.717) is 23.7 Å². The molecule has 0 radical (unpaired) electrons. The summed E-state index contributed by atoms with van der Waals surface area (Å²) in [6.45, 7) is 0.651. The maximum absolute atomic E-state index is 12.3. The number of fused-ring (bicyclic) bond motifs is 1. The Kier molecular flexibility index (Phi) is 5.22. The molecule has 1 amide bonds. The molecule has 0 spiro atoms. The molecule has 0 aliphatic carbocycles. The van der Waals surface area contributed by atoms with Crippen molar-refractivity contribution in [3.8, 4) is 11.5 Å². The van der Waals surface area contributed by atoms with E-state index in [-0.39, 0.29) is 5.91 Å². The fourth-order valence-electron chi connectivity index (χ4n) is 2.82. The SMILES string of the molecule is O=C(NOC1CCCCO1)c1cnc2ccc(Oc3ccncc3)cc2c1. The highest BCUT2D eigenvalue weighted by Crippen LogP contribution is 2.25. The summed E-state index contributed by atoms with van der Waals surface area (Å²) in [6.07, 6.45) is 7.27. The second kappa shape index (κ2) is 8.11. The first-order valence-electron chi connectivity index (χ1n) is 8.83. The number of carbonyl (C=O) groups excluding carboxylic acids is 1. The Bertz CT molecular complexity index is 927. The van der Waals surface area contributed by atoms with Gasteiger partial charge in [0.2, 0.25) is 0 Å². The molecule has 2 aromatic heterocycles. The van der Waals surface area contributed by atoms with Crippen molar-refractivity contribution in [3.05, 3.63) is 60.6 Å². The Morgan fingerprint density at radius 1 is 1.11 bits per heavy atom. The van der Waals surface area contributed by atoms with E-state index in [4.69, 9.17) is 14.3 Å². The zero-order chi connectivity index (χ0) is 18.5. The van der Waals surface area contributed by atoms with Gasteiger partial charge in [-0.1, -0.05) is 0 Å². The zero-order valence-electron chi connectivity index (χ0n) is 14.6. The van der Waals surface area contributed by atoms with Crippen LogP contribution in [0.4, 0.5) is 0 Å². The average molecular weight is 365 g/mol. The van der Waals surface area contributed by atoms with Gasteiger partial charge in [-0.2, -0.15) is 0 Å². The summed E-state index contributed by atoms with van der Waals surface area (Å²) >= 11 is 0. The molecule has 1 aliphatic heterocycles. The number of hydrogen-bond donors (Lipinski definition) is 1. The van der Waals surface area contributed by atoms with Crippen molar-refractivity contribution in [3.63, 3.8) is 0 Å². The predicted octanol–water partition coefficient (Wildman–Crippen LogP) is 3.61. The van der Waals surface area contributed by atoms with Crippen LogP contribution in [-0.2, 0) is 9.57 Å². The molecule has 1 aliphatic rings. The normalized spacial score (nSPS) is 16.8.